The fraction of sp³-hybridized carbons (Fsp3) is 0.409. The van der Waals surface area contributed by atoms with Gasteiger partial charge in [-0.25, -0.2) is 0 Å². The minimum Gasteiger partial charge on any atom is -0.497 e. The first-order valence-electron chi connectivity index (χ1n) is 9.66. The number of guanidine groups is 1. The first-order chi connectivity index (χ1) is 14.1. The van der Waals surface area contributed by atoms with E-state index in [2.05, 4.69) is 15.6 Å². The molecule has 2 rings (SSSR count). The van der Waals surface area contributed by atoms with Crippen LogP contribution < -0.4 is 24.8 Å². The van der Waals surface area contributed by atoms with Crippen LogP contribution in [0.4, 0.5) is 0 Å². The standard InChI is InChI=1S/C22H31N3O4.HI/c1-5-23-22(24-13-12-16-6-8-17(27-2)9-7-16)25-15-20(26)19-14-18(28-3)10-11-21(19)29-4;/h6-11,14,20,26H,5,12-13,15H2,1-4H3,(H2,23,24,25);1H. The van der Waals surface area contributed by atoms with Crippen LogP contribution in [-0.2, 0) is 6.42 Å². The Labute approximate surface area is 195 Å². The van der Waals surface area contributed by atoms with E-state index in [1.807, 2.05) is 31.2 Å². The number of methoxy groups -OCH3 is 3. The molecular formula is C22H32IN3O4. The average molecular weight is 529 g/mol. The monoisotopic (exact) mass is 529 g/mol. The summed E-state index contributed by atoms with van der Waals surface area (Å²) in [6.45, 7) is 3.65. The van der Waals surface area contributed by atoms with E-state index in [1.165, 1.54) is 5.56 Å². The molecule has 0 fully saturated rings. The normalized spacial score (nSPS) is 11.8. The topological polar surface area (TPSA) is 84.3 Å². The maximum atomic E-state index is 10.6. The molecule has 1 atom stereocenters. The number of aliphatic hydroxyl groups is 1. The van der Waals surface area contributed by atoms with Gasteiger partial charge in [-0.1, -0.05) is 12.1 Å². The highest BCUT2D eigenvalue weighted by atomic mass is 127. The van der Waals surface area contributed by atoms with Crippen LogP contribution in [0.15, 0.2) is 47.5 Å². The number of halogens is 1. The fourth-order valence-electron chi connectivity index (χ4n) is 2.84. The molecule has 0 aliphatic rings. The number of hydrogen-bond acceptors (Lipinski definition) is 5. The van der Waals surface area contributed by atoms with E-state index in [0.717, 1.165) is 25.3 Å². The summed E-state index contributed by atoms with van der Waals surface area (Å²) in [5.74, 6) is 2.76. The molecule has 0 aliphatic carbocycles. The third kappa shape index (κ3) is 7.91. The van der Waals surface area contributed by atoms with E-state index >= 15 is 0 Å². The molecular weight excluding hydrogens is 497 g/mol. The van der Waals surface area contributed by atoms with Gasteiger partial charge >= 0.3 is 0 Å². The molecule has 30 heavy (non-hydrogen) atoms. The van der Waals surface area contributed by atoms with E-state index in [4.69, 9.17) is 14.2 Å². The van der Waals surface area contributed by atoms with E-state index in [1.54, 1.807) is 39.5 Å². The lowest BCUT2D eigenvalue weighted by molar-refractivity contribution is 0.182. The Bertz CT molecular complexity index is 784. The number of nitrogens with zero attached hydrogens (tertiary/aromatic N) is 1. The molecule has 2 aromatic carbocycles. The summed E-state index contributed by atoms with van der Waals surface area (Å²) < 4.78 is 15.8. The Morgan fingerprint density at radius 1 is 0.967 bits per heavy atom. The van der Waals surface area contributed by atoms with Gasteiger partial charge in [0.25, 0.3) is 0 Å². The second kappa shape index (κ2) is 13.9. The Hall–Kier alpha value is -2.20. The Morgan fingerprint density at radius 3 is 2.23 bits per heavy atom. The van der Waals surface area contributed by atoms with Crippen LogP contribution in [0, 0.1) is 0 Å². The van der Waals surface area contributed by atoms with Crippen molar-refractivity contribution < 1.29 is 19.3 Å². The van der Waals surface area contributed by atoms with Crippen LogP contribution in [0.25, 0.3) is 0 Å². The van der Waals surface area contributed by atoms with Gasteiger partial charge in [-0.2, -0.15) is 0 Å². The average Bonchev–Trinajstić information content (AvgIpc) is 2.77. The highest BCUT2D eigenvalue weighted by molar-refractivity contribution is 14.0. The molecule has 8 heteroatoms. The molecule has 0 spiro atoms. The van der Waals surface area contributed by atoms with Gasteiger partial charge in [-0.05, 0) is 49.2 Å². The second-order valence-electron chi connectivity index (χ2n) is 6.37. The molecule has 0 bridgehead atoms. The highest BCUT2D eigenvalue weighted by Crippen LogP contribution is 2.29. The van der Waals surface area contributed by atoms with Crippen LogP contribution in [0.1, 0.15) is 24.2 Å². The molecule has 166 valence electrons. The van der Waals surface area contributed by atoms with Gasteiger partial charge in [-0.3, -0.25) is 4.99 Å². The highest BCUT2D eigenvalue weighted by Gasteiger charge is 2.14. The van der Waals surface area contributed by atoms with Crippen molar-refractivity contribution in [3.8, 4) is 17.2 Å². The molecule has 1 unspecified atom stereocenters. The predicted octanol–water partition coefficient (Wildman–Crippen LogP) is 3.16. The third-order valence-corrected chi connectivity index (χ3v) is 4.43. The van der Waals surface area contributed by atoms with Gasteiger partial charge in [0.15, 0.2) is 5.96 Å². The van der Waals surface area contributed by atoms with E-state index in [-0.39, 0.29) is 30.5 Å². The number of hydrogen-bond donors (Lipinski definition) is 3. The van der Waals surface area contributed by atoms with E-state index in [0.29, 0.717) is 23.0 Å². The zero-order chi connectivity index (χ0) is 21.1. The second-order valence-corrected chi connectivity index (χ2v) is 6.37. The van der Waals surface area contributed by atoms with Crippen molar-refractivity contribution in [1.29, 1.82) is 0 Å². The first-order valence-corrected chi connectivity index (χ1v) is 9.66. The number of aliphatic imine (C=N–C) groups is 1. The van der Waals surface area contributed by atoms with E-state index < -0.39 is 6.10 Å². The lowest BCUT2D eigenvalue weighted by atomic mass is 10.1. The zero-order valence-electron chi connectivity index (χ0n) is 18.0. The minimum atomic E-state index is -0.808. The van der Waals surface area contributed by atoms with Crippen LogP contribution >= 0.6 is 24.0 Å². The number of rotatable bonds is 10. The molecule has 0 amide bonds. The van der Waals surface area contributed by atoms with Crippen molar-refractivity contribution >= 4 is 29.9 Å². The molecule has 0 saturated heterocycles. The number of aliphatic hydroxyl groups excluding tert-OH is 1. The van der Waals surface area contributed by atoms with Gasteiger partial charge in [0.05, 0.1) is 27.9 Å². The Balaban J connectivity index is 0.00000450. The lowest BCUT2D eigenvalue weighted by Crippen LogP contribution is -2.38. The molecule has 7 nitrogen and oxygen atoms in total. The summed E-state index contributed by atoms with van der Waals surface area (Å²) in [5, 5.41) is 17.1. The van der Waals surface area contributed by atoms with Crippen LogP contribution in [0.5, 0.6) is 17.2 Å². The van der Waals surface area contributed by atoms with Gasteiger partial charge in [-0.15, -0.1) is 24.0 Å². The van der Waals surface area contributed by atoms with Crippen molar-refractivity contribution in [2.45, 2.75) is 19.4 Å². The fourth-order valence-corrected chi connectivity index (χ4v) is 2.84. The van der Waals surface area contributed by atoms with Gasteiger partial charge in [0.1, 0.15) is 23.4 Å². The van der Waals surface area contributed by atoms with Crippen LogP contribution in [0.3, 0.4) is 0 Å². The van der Waals surface area contributed by atoms with Crippen molar-refractivity contribution in [3.63, 3.8) is 0 Å². The van der Waals surface area contributed by atoms with Crippen molar-refractivity contribution in [3.05, 3.63) is 53.6 Å². The third-order valence-electron chi connectivity index (χ3n) is 4.43. The Morgan fingerprint density at radius 2 is 1.63 bits per heavy atom. The first kappa shape index (κ1) is 25.8. The summed E-state index contributed by atoms with van der Waals surface area (Å²) in [7, 11) is 4.82. The molecule has 0 aliphatic heterocycles. The van der Waals surface area contributed by atoms with Crippen molar-refractivity contribution in [1.82, 2.24) is 10.6 Å². The molecule has 0 aromatic heterocycles. The summed E-state index contributed by atoms with van der Waals surface area (Å²) in [4.78, 5) is 4.51. The minimum absolute atomic E-state index is 0. The molecule has 0 heterocycles. The summed E-state index contributed by atoms with van der Waals surface area (Å²) in [6, 6.07) is 13.3. The number of nitrogens with one attached hydrogen (secondary N) is 2. The molecule has 3 N–H and O–H groups in total. The molecule has 0 radical (unpaired) electrons. The zero-order valence-corrected chi connectivity index (χ0v) is 20.3. The summed E-state index contributed by atoms with van der Waals surface area (Å²) in [6.07, 6.45) is 0.0396. The van der Waals surface area contributed by atoms with Crippen LogP contribution in [0.2, 0.25) is 0 Å². The van der Waals surface area contributed by atoms with Gasteiger partial charge in [0, 0.05) is 18.7 Å². The smallest absolute Gasteiger partial charge is 0.191 e. The summed E-state index contributed by atoms with van der Waals surface area (Å²) >= 11 is 0. The van der Waals surface area contributed by atoms with Crippen molar-refractivity contribution in [2.24, 2.45) is 4.99 Å². The molecule has 2 aromatic rings. The lowest BCUT2D eigenvalue weighted by Gasteiger charge is -2.16. The maximum Gasteiger partial charge on any atom is 0.191 e. The SMILES string of the molecule is CCNC(=NCC(O)c1cc(OC)ccc1OC)NCCc1ccc(OC)cc1.I. The maximum absolute atomic E-state index is 10.6. The number of benzene rings is 2. The van der Waals surface area contributed by atoms with Gasteiger partial charge < -0.3 is 30.0 Å². The molecule has 0 saturated carbocycles. The van der Waals surface area contributed by atoms with Crippen LogP contribution in [-0.4, -0.2) is 52.0 Å². The predicted molar refractivity (Wildman–Crippen MR) is 131 cm³/mol. The Kier molecular flexibility index (Phi) is 12.0. The largest absolute Gasteiger partial charge is 0.497 e. The van der Waals surface area contributed by atoms with Gasteiger partial charge in [0.2, 0.25) is 0 Å². The number of ether oxygens (including phenoxy) is 3. The van der Waals surface area contributed by atoms with E-state index in [9.17, 15) is 5.11 Å². The summed E-state index contributed by atoms with van der Waals surface area (Å²) in [5.41, 5.74) is 1.85. The van der Waals surface area contributed by atoms with Crippen molar-refractivity contribution in [2.75, 3.05) is 41.0 Å². The quantitative estimate of drug-likeness (QED) is 0.249.